The molecule has 2 fully saturated rings. The Morgan fingerprint density at radius 1 is 1.05 bits per heavy atom. The molecule has 0 radical (unpaired) electrons. The summed E-state index contributed by atoms with van der Waals surface area (Å²) >= 11 is 0. The highest BCUT2D eigenvalue weighted by atomic mass is 16.3. The van der Waals surface area contributed by atoms with Gasteiger partial charge in [-0.2, -0.15) is 5.10 Å². The van der Waals surface area contributed by atoms with Gasteiger partial charge in [0, 0.05) is 12.6 Å². The minimum atomic E-state index is -0.681. The summed E-state index contributed by atoms with van der Waals surface area (Å²) in [6.45, 7) is 0. The molecular weight excluding hydrogens is 264 g/mol. The van der Waals surface area contributed by atoms with Crippen molar-refractivity contribution in [2.24, 2.45) is 5.92 Å². The molecule has 2 aliphatic rings. The van der Waals surface area contributed by atoms with Crippen LogP contribution in [0, 0.1) is 5.92 Å². The first-order chi connectivity index (χ1) is 10.2. The van der Waals surface area contributed by atoms with Gasteiger partial charge in [-0.05, 0) is 37.7 Å². The van der Waals surface area contributed by atoms with Crippen LogP contribution in [0.4, 0.5) is 0 Å². The van der Waals surface area contributed by atoms with Crippen LogP contribution in [0.3, 0.4) is 0 Å². The molecule has 0 amide bonds. The summed E-state index contributed by atoms with van der Waals surface area (Å²) in [5, 5.41) is 25.2. The summed E-state index contributed by atoms with van der Waals surface area (Å²) in [4.78, 5) is 0. The molecule has 21 heavy (non-hydrogen) atoms. The minimum absolute atomic E-state index is 0.269. The van der Waals surface area contributed by atoms with Gasteiger partial charge in [0.15, 0.2) is 0 Å². The monoisotopic (exact) mass is 292 g/mol. The molecule has 2 atom stereocenters. The zero-order valence-corrected chi connectivity index (χ0v) is 12.8. The van der Waals surface area contributed by atoms with Crippen molar-refractivity contribution < 1.29 is 10.2 Å². The van der Waals surface area contributed by atoms with E-state index in [2.05, 4.69) is 9.78 Å². The van der Waals surface area contributed by atoms with Gasteiger partial charge in [0.25, 0.3) is 0 Å². The summed E-state index contributed by atoms with van der Waals surface area (Å²) in [6.07, 6.45) is 12.0. The highest BCUT2D eigenvalue weighted by Gasteiger charge is 2.28. The van der Waals surface area contributed by atoms with Gasteiger partial charge in [-0.25, -0.2) is 0 Å². The molecule has 0 aliphatic heterocycles. The van der Waals surface area contributed by atoms with Gasteiger partial charge in [0.1, 0.15) is 0 Å². The fourth-order valence-corrected chi connectivity index (χ4v) is 3.98. The Balaban J connectivity index is 1.55. The lowest BCUT2D eigenvalue weighted by Gasteiger charge is -2.29. The third-order valence-corrected chi connectivity index (χ3v) is 5.31. The Labute approximate surface area is 127 Å². The van der Waals surface area contributed by atoms with Crippen molar-refractivity contribution >= 4 is 0 Å². The fraction of sp³-hybridized carbons (Fsp3) is 0.824. The molecule has 2 unspecified atom stereocenters. The molecule has 4 heteroatoms. The predicted molar refractivity (Wildman–Crippen MR) is 82.0 cm³/mol. The zero-order chi connectivity index (χ0) is 14.7. The van der Waals surface area contributed by atoms with E-state index >= 15 is 0 Å². The topological polar surface area (TPSA) is 58.3 Å². The van der Waals surface area contributed by atoms with E-state index in [4.69, 9.17) is 0 Å². The zero-order valence-electron chi connectivity index (χ0n) is 12.8. The van der Waals surface area contributed by atoms with E-state index < -0.39 is 12.2 Å². The van der Waals surface area contributed by atoms with Gasteiger partial charge in [-0.3, -0.25) is 4.68 Å². The van der Waals surface area contributed by atoms with E-state index in [1.807, 2.05) is 12.3 Å². The van der Waals surface area contributed by atoms with Crippen molar-refractivity contribution in [3.05, 3.63) is 18.0 Å². The van der Waals surface area contributed by atoms with Crippen molar-refractivity contribution in [2.45, 2.75) is 82.5 Å². The van der Waals surface area contributed by atoms with Crippen LogP contribution >= 0.6 is 0 Å². The smallest absolute Gasteiger partial charge is 0.0857 e. The average molecular weight is 292 g/mol. The van der Waals surface area contributed by atoms with E-state index in [0.29, 0.717) is 12.5 Å². The van der Waals surface area contributed by atoms with Crippen LogP contribution in [0.25, 0.3) is 0 Å². The molecule has 1 aromatic rings. The van der Waals surface area contributed by atoms with Crippen LogP contribution in [0.5, 0.6) is 0 Å². The van der Waals surface area contributed by atoms with Gasteiger partial charge in [-0.1, -0.05) is 32.1 Å². The number of aliphatic hydroxyl groups is 2. The average Bonchev–Trinajstić information content (AvgIpc) is 3.18. The van der Waals surface area contributed by atoms with Gasteiger partial charge in [0.05, 0.1) is 23.9 Å². The first-order valence-electron chi connectivity index (χ1n) is 8.64. The molecule has 0 aromatic carbocycles. The third kappa shape index (κ3) is 3.67. The molecule has 0 saturated heterocycles. The first-order valence-corrected chi connectivity index (χ1v) is 8.64. The molecule has 0 spiro atoms. The molecule has 118 valence electrons. The van der Waals surface area contributed by atoms with Gasteiger partial charge >= 0.3 is 0 Å². The van der Waals surface area contributed by atoms with Crippen molar-refractivity contribution in [3.63, 3.8) is 0 Å². The van der Waals surface area contributed by atoms with Crippen LogP contribution in [0.1, 0.15) is 69.5 Å². The largest absolute Gasteiger partial charge is 0.390 e. The SMILES string of the molecule is OC(Cc1ccn(C2CCCC2)n1)C(O)C1CCCCC1. The van der Waals surface area contributed by atoms with Crippen LogP contribution in [0.2, 0.25) is 0 Å². The highest BCUT2D eigenvalue weighted by Crippen LogP contribution is 2.30. The molecule has 1 heterocycles. The van der Waals surface area contributed by atoms with Crippen LogP contribution in [-0.4, -0.2) is 32.2 Å². The van der Waals surface area contributed by atoms with Crippen molar-refractivity contribution in [1.29, 1.82) is 0 Å². The van der Waals surface area contributed by atoms with Gasteiger partial charge < -0.3 is 10.2 Å². The fourth-order valence-electron chi connectivity index (χ4n) is 3.98. The number of hydrogen-bond donors (Lipinski definition) is 2. The molecule has 2 N–H and O–H groups in total. The molecule has 1 aromatic heterocycles. The maximum Gasteiger partial charge on any atom is 0.0857 e. The predicted octanol–water partition coefficient (Wildman–Crippen LogP) is 2.84. The van der Waals surface area contributed by atoms with Crippen LogP contribution < -0.4 is 0 Å². The lowest BCUT2D eigenvalue weighted by atomic mass is 9.82. The minimum Gasteiger partial charge on any atom is -0.390 e. The van der Waals surface area contributed by atoms with E-state index in [0.717, 1.165) is 18.5 Å². The van der Waals surface area contributed by atoms with E-state index in [1.165, 1.54) is 44.9 Å². The molecule has 0 bridgehead atoms. The summed E-state index contributed by atoms with van der Waals surface area (Å²) in [7, 11) is 0. The highest BCUT2D eigenvalue weighted by molar-refractivity contribution is 5.03. The summed E-state index contributed by atoms with van der Waals surface area (Å²) in [6, 6.07) is 2.54. The normalized spacial score (nSPS) is 24.3. The maximum absolute atomic E-state index is 10.3. The number of nitrogens with zero attached hydrogens (tertiary/aromatic N) is 2. The van der Waals surface area contributed by atoms with Crippen molar-refractivity contribution in [1.82, 2.24) is 9.78 Å². The Hall–Kier alpha value is -0.870. The second-order valence-electron chi connectivity index (χ2n) is 6.89. The van der Waals surface area contributed by atoms with Crippen LogP contribution in [-0.2, 0) is 6.42 Å². The Morgan fingerprint density at radius 2 is 1.71 bits per heavy atom. The number of aliphatic hydroxyl groups excluding tert-OH is 2. The quantitative estimate of drug-likeness (QED) is 0.877. The standard InChI is InChI=1S/C17H28N2O2/c20-16(17(21)13-6-2-1-3-7-13)12-14-10-11-19(18-14)15-8-4-5-9-15/h10-11,13,15-17,20-21H,1-9,12H2. The molecule has 2 saturated carbocycles. The van der Waals surface area contributed by atoms with E-state index in [-0.39, 0.29) is 5.92 Å². The molecule has 4 nitrogen and oxygen atoms in total. The molecule has 3 rings (SSSR count). The Bertz CT molecular complexity index is 434. The number of rotatable bonds is 5. The third-order valence-electron chi connectivity index (χ3n) is 5.31. The second kappa shape index (κ2) is 6.93. The summed E-state index contributed by atoms with van der Waals surface area (Å²) in [5.41, 5.74) is 0.907. The van der Waals surface area contributed by atoms with E-state index in [1.54, 1.807) is 0 Å². The molecule has 2 aliphatic carbocycles. The number of aromatic nitrogens is 2. The van der Waals surface area contributed by atoms with Crippen molar-refractivity contribution in [3.8, 4) is 0 Å². The van der Waals surface area contributed by atoms with Gasteiger partial charge in [0.2, 0.25) is 0 Å². The molecular formula is C17H28N2O2. The maximum atomic E-state index is 10.3. The summed E-state index contributed by atoms with van der Waals surface area (Å²) in [5.74, 6) is 0.269. The second-order valence-corrected chi connectivity index (χ2v) is 6.89. The lowest BCUT2D eigenvalue weighted by Crippen LogP contribution is -2.36. The van der Waals surface area contributed by atoms with Crippen molar-refractivity contribution in [2.75, 3.05) is 0 Å². The first kappa shape index (κ1) is 15.0. The van der Waals surface area contributed by atoms with Gasteiger partial charge in [-0.15, -0.1) is 0 Å². The van der Waals surface area contributed by atoms with Crippen LogP contribution in [0.15, 0.2) is 12.3 Å². The lowest BCUT2D eigenvalue weighted by molar-refractivity contribution is -0.0268. The van der Waals surface area contributed by atoms with E-state index in [9.17, 15) is 10.2 Å². The Morgan fingerprint density at radius 3 is 2.43 bits per heavy atom. The summed E-state index contributed by atoms with van der Waals surface area (Å²) < 4.78 is 2.06. The number of hydrogen-bond acceptors (Lipinski definition) is 3. The Kier molecular flexibility index (Phi) is 4.96.